The van der Waals surface area contributed by atoms with Crippen molar-refractivity contribution in [3.8, 4) is 11.5 Å². The third-order valence-electron chi connectivity index (χ3n) is 3.61. The molecule has 19 heavy (non-hydrogen) atoms. The predicted molar refractivity (Wildman–Crippen MR) is 74.4 cm³/mol. The van der Waals surface area contributed by atoms with Crippen molar-refractivity contribution in [1.29, 1.82) is 0 Å². The number of aliphatic hydroxyl groups is 1. The Labute approximate surface area is 112 Å². The van der Waals surface area contributed by atoms with Crippen LogP contribution in [-0.4, -0.2) is 21.9 Å². The molecule has 2 aromatic carbocycles. The first-order valence-electron chi connectivity index (χ1n) is 6.27. The van der Waals surface area contributed by atoms with Gasteiger partial charge in [0.05, 0.1) is 0 Å². The van der Waals surface area contributed by atoms with Crippen molar-refractivity contribution in [2.75, 3.05) is 6.61 Å². The Bertz CT molecular complexity index is 518. The van der Waals surface area contributed by atoms with E-state index >= 15 is 0 Å². The molecular weight excluding hydrogens is 240 g/mol. The van der Waals surface area contributed by atoms with Crippen LogP contribution in [0.4, 0.5) is 0 Å². The highest BCUT2D eigenvalue weighted by atomic mass is 16.3. The lowest BCUT2D eigenvalue weighted by molar-refractivity contribution is 0.255. The van der Waals surface area contributed by atoms with Gasteiger partial charge in [0.1, 0.15) is 11.5 Å². The van der Waals surface area contributed by atoms with E-state index in [1.54, 1.807) is 24.3 Å². The molecule has 0 heterocycles. The molecule has 0 aliphatic carbocycles. The van der Waals surface area contributed by atoms with Gasteiger partial charge in [-0.15, -0.1) is 0 Å². The second-order valence-corrected chi connectivity index (χ2v) is 4.84. The largest absolute Gasteiger partial charge is 0.508 e. The Kier molecular flexibility index (Phi) is 3.76. The summed E-state index contributed by atoms with van der Waals surface area (Å²) in [6.45, 7) is 1.88. The third kappa shape index (κ3) is 2.42. The van der Waals surface area contributed by atoms with E-state index in [1.807, 2.05) is 31.2 Å². The van der Waals surface area contributed by atoms with Crippen molar-refractivity contribution < 1.29 is 15.3 Å². The summed E-state index contributed by atoms with van der Waals surface area (Å²) in [6, 6.07) is 14.0. The van der Waals surface area contributed by atoms with Crippen LogP contribution in [0, 0.1) is 0 Å². The van der Waals surface area contributed by atoms with E-state index < -0.39 is 5.41 Å². The molecule has 3 nitrogen and oxygen atoms in total. The zero-order chi connectivity index (χ0) is 13.9. The molecule has 0 aliphatic heterocycles. The zero-order valence-corrected chi connectivity index (χ0v) is 10.9. The molecule has 3 heteroatoms. The molecule has 0 aliphatic rings. The van der Waals surface area contributed by atoms with Gasteiger partial charge in [0, 0.05) is 23.1 Å². The Hall–Kier alpha value is -2.00. The number of para-hydroxylation sites is 2. The average Bonchev–Trinajstić information content (AvgIpc) is 2.39. The second kappa shape index (κ2) is 5.33. The van der Waals surface area contributed by atoms with E-state index in [0.717, 1.165) is 0 Å². The molecule has 0 saturated carbocycles. The second-order valence-electron chi connectivity index (χ2n) is 4.84. The molecule has 2 rings (SSSR count). The molecule has 3 N–H and O–H groups in total. The Morgan fingerprint density at radius 3 is 1.63 bits per heavy atom. The van der Waals surface area contributed by atoms with Gasteiger partial charge in [0.15, 0.2) is 0 Å². The highest BCUT2D eigenvalue weighted by Gasteiger charge is 2.32. The van der Waals surface area contributed by atoms with Crippen molar-refractivity contribution in [1.82, 2.24) is 0 Å². The van der Waals surface area contributed by atoms with Gasteiger partial charge in [-0.3, -0.25) is 0 Å². The van der Waals surface area contributed by atoms with Crippen molar-refractivity contribution in [2.45, 2.75) is 18.8 Å². The summed E-state index contributed by atoms with van der Waals surface area (Å²) in [4.78, 5) is 0. The van der Waals surface area contributed by atoms with Crippen molar-refractivity contribution in [3.05, 3.63) is 59.7 Å². The highest BCUT2D eigenvalue weighted by molar-refractivity contribution is 5.50. The van der Waals surface area contributed by atoms with Gasteiger partial charge in [0.2, 0.25) is 0 Å². The maximum Gasteiger partial charge on any atom is 0.119 e. The van der Waals surface area contributed by atoms with Crippen molar-refractivity contribution in [3.63, 3.8) is 0 Å². The van der Waals surface area contributed by atoms with E-state index in [9.17, 15) is 15.3 Å². The minimum Gasteiger partial charge on any atom is -0.508 e. The molecule has 0 atom stereocenters. The number of phenolic OH excluding ortho intramolecular Hbond substituents is 2. The van der Waals surface area contributed by atoms with E-state index in [2.05, 4.69) is 0 Å². The first kappa shape index (κ1) is 13.4. The van der Waals surface area contributed by atoms with Crippen LogP contribution in [0.2, 0.25) is 0 Å². The smallest absolute Gasteiger partial charge is 0.119 e. The molecule has 0 radical (unpaired) electrons. The molecule has 0 unspecified atom stereocenters. The highest BCUT2D eigenvalue weighted by Crippen LogP contribution is 2.42. The normalized spacial score (nSPS) is 11.5. The van der Waals surface area contributed by atoms with Crippen LogP contribution < -0.4 is 0 Å². The number of hydrogen-bond acceptors (Lipinski definition) is 3. The summed E-state index contributed by atoms with van der Waals surface area (Å²) in [7, 11) is 0. The van der Waals surface area contributed by atoms with Gasteiger partial charge >= 0.3 is 0 Å². The molecule has 0 saturated heterocycles. The number of phenols is 2. The fourth-order valence-corrected chi connectivity index (χ4v) is 2.52. The average molecular weight is 258 g/mol. The number of aliphatic hydroxyl groups excluding tert-OH is 1. The molecular formula is C16H18O3. The fourth-order valence-electron chi connectivity index (χ4n) is 2.52. The topological polar surface area (TPSA) is 60.7 Å². The lowest BCUT2D eigenvalue weighted by Gasteiger charge is -2.31. The van der Waals surface area contributed by atoms with Gasteiger partial charge in [-0.05, 0) is 18.6 Å². The van der Waals surface area contributed by atoms with Crippen LogP contribution in [0.3, 0.4) is 0 Å². The zero-order valence-electron chi connectivity index (χ0n) is 10.9. The van der Waals surface area contributed by atoms with E-state index in [0.29, 0.717) is 17.5 Å². The molecule has 0 amide bonds. The summed E-state index contributed by atoms with van der Waals surface area (Å²) in [5.41, 5.74) is 0.766. The number of hydrogen-bond donors (Lipinski definition) is 3. The number of rotatable bonds is 4. The summed E-state index contributed by atoms with van der Waals surface area (Å²) in [5.74, 6) is 0.336. The van der Waals surface area contributed by atoms with Gasteiger partial charge < -0.3 is 15.3 Å². The van der Waals surface area contributed by atoms with E-state index in [-0.39, 0.29) is 18.1 Å². The fraction of sp³-hybridized carbons (Fsp3) is 0.250. The summed E-state index contributed by atoms with van der Waals surface area (Å²) >= 11 is 0. The summed E-state index contributed by atoms with van der Waals surface area (Å²) in [6.07, 6.45) is 0.419. The van der Waals surface area contributed by atoms with Crippen molar-refractivity contribution >= 4 is 0 Å². The third-order valence-corrected chi connectivity index (χ3v) is 3.61. The predicted octanol–water partition coefficient (Wildman–Crippen LogP) is 2.79. The minimum absolute atomic E-state index is 0.0286. The molecule has 100 valence electrons. The molecule has 0 bridgehead atoms. The van der Waals surface area contributed by atoms with Crippen LogP contribution >= 0.6 is 0 Å². The van der Waals surface area contributed by atoms with Crippen LogP contribution in [-0.2, 0) is 5.41 Å². The SMILES string of the molecule is CC(CCO)(c1ccccc1O)c1ccccc1O. The standard InChI is InChI=1S/C16H18O3/c1-16(10-11-17,12-6-2-4-8-14(12)18)13-7-3-5-9-15(13)19/h2-9,17-19H,10-11H2,1H3. The van der Waals surface area contributed by atoms with Crippen LogP contribution in [0.5, 0.6) is 11.5 Å². The minimum atomic E-state index is -0.633. The van der Waals surface area contributed by atoms with E-state index in [4.69, 9.17) is 0 Å². The van der Waals surface area contributed by atoms with Gasteiger partial charge in [-0.2, -0.15) is 0 Å². The Balaban J connectivity index is 2.62. The number of aromatic hydroxyl groups is 2. The quantitative estimate of drug-likeness (QED) is 0.790. The molecule has 0 aromatic heterocycles. The number of benzene rings is 2. The van der Waals surface area contributed by atoms with Gasteiger partial charge in [-0.25, -0.2) is 0 Å². The maximum absolute atomic E-state index is 10.1. The van der Waals surface area contributed by atoms with Crippen LogP contribution in [0.25, 0.3) is 0 Å². The van der Waals surface area contributed by atoms with Gasteiger partial charge in [-0.1, -0.05) is 43.3 Å². The van der Waals surface area contributed by atoms with Crippen molar-refractivity contribution in [2.24, 2.45) is 0 Å². The van der Waals surface area contributed by atoms with Crippen LogP contribution in [0.15, 0.2) is 48.5 Å². The Morgan fingerprint density at radius 2 is 1.26 bits per heavy atom. The first-order valence-corrected chi connectivity index (χ1v) is 6.27. The first-order chi connectivity index (χ1) is 9.09. The lowest BCUT2D eigenvalue weighted by atomic mass is 9.73. The summed E-state index contributed by atoms with van der Waals surface area (Å²) in [5, 5.41) is 29.5. The van der Waals surface area contributed by atoms with Crippen LogP contribution in [0.1, 0.15) is 24.5 Å². The van der Waals surface area contributed by atoms with Gasteiger partial charge in [0.25, 0.3) is 0 Å². The molecule has 0 spiro atoms. The lowest BCUT2D eigenvalue weighted by Crippen LogP contribution is -2.25. The molecule has 2 aromatic rings. The monoisotopic (exact) mass is 258 g/mol. The maximum atomic E-state index is 10.1. The Morgan fingerprint density at radius 1 is 0.842 bits per heavy atom. The molecule has 0 fully saturated rings. The summed E-state index contributed by atoms with van der Waals surface area (Å²) < 4.78 is 0. The van der Waals surface area contributed by atoms with E-state index in [1.165, 1.54) is 0 Å².